The van der Waals surface area contributed by atoms with Crippen LogP contribution in [0.15, 0.2) is 30.6 Å². The molecule has 1 aromatic heterocycles. The molecular formula is C18H20FN3O2. The largest absolute Gasteiger partial charge is 0.494 e. The van der Waals surface area contributed by atoms with Gasteiger partial charge in [-0.2, -0.15) is 0 Å². The van der Waals surface area contributed by atoms with Gasteiger partial charge in [-0.05, 0) is 38.0 Å². The number of nitrogens with zero attached hydrogens (tertiary/aromatic N) is 3. The zero-order valence-corrected chi connectivity index (χ0v) is 13.8. The van der Waals surface area contributed by atoms with Crippen LogP contribution in [0.25, 0.3) is 0 Å². The smallest absolute Gasteiger partial charge is 0.253 e. The van der Waals surface area contributed by atoms with Crippen LogP contribution in [0.3, 0.4) is 0 Å². The van der Waals surface area contributed by atoms with Crippen LogP contribution in [0.5, 0.6) is 5.75 Å². The summed E-state index contributed by atoms with van der Waals surface area (Å²) >= 11 is 0. The molecule has 0 spiro atoms. The number of aromatic nitrogens is 2. The molecule has 1 unspecified atom stereocenters. The number of likely N-dealkylation sites (tertiary alicyclic amines) is 1. The highest BCUT2D eigenvalue weighted by molar-refractivity contribution is 5.94. The summed E-state index contributed by atoms with van der Waals surface area (Å²) in [6.45, 7) is 3.15. The van der Waals surface area contributed by atoms with Gasteiger partial charge >= 0.3 is 0 Å². The Hall–Kier alpha value is -2.50. The van der Waals surface area contributed by atoms with Crippen LogP contribution >= 0.6 is 0 Å². The van der Waals surface area contributed by atoms with Crippen LogP contribution < -0.4 is 4.74 Å². The number of hydrogen-bond donors (Lipinski definition) is 0. The molecule has 1 atom stereocenters. The van der Waals surface area contributed by atoms with Crippen molar-refractivity contribution < 1.29 is 13.9 Å². The molecule has 6 heteroatoms. The summed E-state index contributed by atoms with van der Waals surface area (Å²) in [6, 6.07) is 4.31. The van der Waals surface area contributed by atoms with Gasteiger partial charge in [0.05, 0.1) is 18.5 Å². The van der Waals surface area contributed by atoms with Crippen molar-refractivity contribution in [2.75, 3.05) is 20.2 Å². The molecule has 1 saturated heterocycles. The summed E-state index contributed by atoms with van der Waals surface area (Å²) in [5.41, 5.74) is 2.12. The molecule has 0 N–H and O–H groups in total. The highest BCUT2D eigenvalue weighted by atomic mass is 19.1. The number of carbonyl (C=O) groups is 1. The molecule has 1 aromatic carbocycles. The molecule has 1 fully saturated rings. The van der Waals surface area contributed by atoms with Crippen molar-refractivity contribution in [3.63, 3.8) is 0 Å². The van der Waals surface area contributed by atoms with E-state index in [1.165, 1.54) is 19.2 Å². The lowest BCUT2D eigenvalue weighted by Gasteiger charge is -2.32. The molecule has 1 aliphatic rings. The molecule has 1 amide bonds. The maximum atomic E-state index is 13.9. The van der Waals surface area contributed by atoms with Gasteiger partial charge in [0.1, 0.15) is 0 Å². The summed E-state index contributed by atoms with van der Waals surface area (Å²) in [5.74, 6) is -0.389. The van der Waals surface area contributed by atoms with Crippen LogP contribution in [0.2, 0.25) is 0 Å². The Bertz CT molecular complexity index is 751. The normalized spacial score (nSPS) is 17.6. The van der Waals surface area contributed by atoms with E-state index in [1.807, 2.05) is 6.92 Å². The number of piperidine rings is 1. The minimum absolute atomic E-state index is 0.137. The standard InChI is InChI=1S/C18H20FN3O2/c1-12-9-20-10-16(21-12)14-4-3-7-22(11-14)18(23)13-5-6-17(24-2)15(19)8-13/h5-6,8-10,14H,3-4,7,11H2,1-2H3. The highest BCUT2D eigenvalue weighted by Gasteiger charge is 2.27. The van der Waals surface area contributed by atoms with Gasteiger partial charge in [0.25, 0.3) is 5.91 Å². The summed E-state index contributed by atoms with van der Waals surface area (Å²) in [4.78, 5) is 23.2. The van der Waals surface area contributed by atoms with Gasteiger partial charge in [0.15, 0.2) is 11.6 Å². The van der Waals surface area contributed by atoms with Crippen LogP contribution in [0.1, 0.15) is 40.5 Å². The maximum absolute atomic E-state index is 13.9. The van der Waals surface area contributed by atoms with Crippen molar-refractivity contribution in [2.45, 2.75) is 25.7 Å². The van der Waals surface area contributed by atoms with E-state index in [0.717, 1.165) is 24.2 Å². The number of rotatable bonds is 3. The van der Waals surface area contributed by atoms with E-state index in [0.29, 0.717) is 18.7 Å². The average molecular weight is 329 g/mol. The number of halogens is 1. The molecule has 0 radical (unpaired) electrons. The Morgan fingerprint density at radius 2 is 2.21 bits per heavy atom. The van der Waals surface area contributed by atoms with Gasteiger partial charge in [0, 0.05) is 37.0 Å². The molecule has 2 heterocycles. The predicted octanol–water partition coefficient (Wildman–Crippen LogP) is 2.95. The maximum Gasteiger partial charge on any atom is 0.253 e. The minimum atomic E-state index is -0.526. The van der Waals surface area contributed by atoms with E-state index < -0.39 is 5.82 Å². The summed E-state index contributed by atoms with van der Waals surface area (Å²) in [6.07, 6.45) is 5.34. The fraction of sp³-hybridized carbons (Fsp3) is 0.389. The average Bonchev–Trinajstić information content (AvgIpc) is 2.61. The molecule has 24 heavy (non-hydrogen) atoms. The monoisotopic (exact) mass is 329 g/mol. The third-order valence-electron chi connectivity index (χ3n) is 4.30. The Labute approximate surface area is 140 Å². The van der Waals surface area contributed by atoms with E-state index >= 15 is 0 Å². The first-order chi connectivity index (χ1) is 11.6. The molecule has 2 aromatic rings. The SMILES string of the molecule is COc1ccc(C(=O)N2CCCC(c3cncc(C)n3)C2)cc1F. The van der Waals surface area contributed by atoms with Crippen LogP contribution in [-0.2, 0) is 0 Å². The lowest BCUT2D eigenvalue weighted by Crippen LogP contribution is -2.39. The summed E-state index contributed by atoms with van der Waals surface area (Å²) < 4.78 is 18.7. The number of amides is 1. The number of benzene rings is 1. The van der Waals surface area contributed by atoms with Gasteiger partial charge in [-0.15, -0.1) is 0 Å². The number of carbonyl (C=O) groups excluding carboxylic acids is 1. The Balaban J connectivity index is 1.77. The van der Waals surface area contributed by atoms with Crippen LogP contribution in [0, 0.1) is 12.7 Å². The van der Waals surface area contributed by atoms with Crippen molar-refractivity contribution in [3.05, 3.63) is 53.4 Å². The molecule has 1 aliphatic heterocycles. The second-order valence-corrected chi connectivity index (χ2v) is 6.02. The van der Waals surface area contributed by atoms with E-state index in [1.54, 1.807) is 23.4 Å². The van der Waals surface area contributed by atoms with Gasteiger partial charge < -0.3 is 9.64 Å². The first-order valence-electron chi connectivity index (χ1n) is 8.00. The third-order valence-corrected chi connectivity index (χ3v) is 4.30. The minimum Gasteiger partial charge on any atom is -0.494 e. The first kappa shape index (κ1) is 16.4. The lowest BCUT2D eigenvalue weighted by molar-refractivity contribution is 0.0705. The van der Waals surface area contributed by atoms with Gasteiger partial charge in [-0.25, -0.2) is 4.39 Å². The van der Waals surface area contributed by atoms with Gasteiger partial charge in [-0.3, -0.25) is 14.8 Å². The number of methoxy groups -OCH3 is 1. The molecule has 0 aliphatic carbocycles. The van der Waals surface area contributed by atoms with Gasteiger partial charge in [0.2, 0.25) is 0 Å². The Morgan fingerprint density at radius 1 is 1.38 bits per heavy atom. The van der Waals surface area contributed by atoms with E-state index in [-0.39, 0.29) is 17.6 Å². The number of aryl methyl sites for hydroxylation is 1. The zero-order valence-electron chi connectivity index (χ0n) is 13.8. The molecular weight excluding hydrogens is 309 g/mol. The fourth-order valence-electron chi connectivity index (χ4n) is 3.06. The van der Waals surface area contributed by atoms with E-state index in [2.05, 4.69) is 9.97 Å². The topological polar surface area (TPSA) is 55.3 Å². The second kappa shape index (κ2) is 6.95. The van der Waals surface area contributed by atoms with Crippen LogP contribution in [-0.4, -0.2) is 41.0 Å². The molecule has 0 bridgehead atoms. The van der Waals surface area contributed by atoms with Crippen molar-refractivity contribution in [1.82, 2.24) is 14.9 Å². The number of ether oxygens (including phenoxy) is 1. The first-order valence-corrected chi connectivity index (χ1v) is 8.00. The summed E-state index contributed by atoms with van der Waals surface area (Å²) in [7, 11) is 1.40. The van der Waals surface area contributed by atoms with Crippen molar-refractivity contribution in [1.29, 1.82) is 0 Å². The zero-order chi connectivity index (χ0) is 17.1. The third kappa shape index (κ3) is 3.37. The highest BCUT2D eigenvalue weighted by Crippen LogP contribution is 2.27. The van der Waals surface area contributed by atoms with Crippen LogP contribution in [0.4, 0.5) is 4.39 Å². The lowest BCUT2D eigenvalue weighted by atomic mass is 9.94. The quantitative estimate of drug-likeness (QED) is 0.869. The van der Waals surface area contributed by atoms with E-state index in [9.17, 15) is 9.18 Å². The van der Waals surface area contributed by atoms with Crippen molar-refractivity contribution in [3.8, 4) is 5.75 Å². The second-order valence-electron chi connectivity index (χ2n) is 6.02. The van der Waals surface area contributed by atoms with Crippen molar-refractivity contribution >= 4 is 5.91 Å². The van der Waals surface area contributed by atoms with E-state index in [4.69, 9.17) is 4.74 Å². The molecule has 0 saturated carbocycles. The predicted molar refractivity (Wildman–Crippen MR) is 87.6 cm³/mol. The van der Waals surface area contributed by atoms with Crippen molar-refractivity contribution in [2.24, 2.45) is 0 Å². The molecule has 126 valence electrons. The summed E-state index contributed by atoms with van der Waals surface area (Å²) in [5, 5.41) is 0. The number of hydrogen-bond acceptors (Lipinski definition) is 4. The Morgan fingerprint density at radius 3 is 2.92 bits per heavy atom. The Kier molecular flexibility index (Phi) is 4.74. The fourth-order valence-corrected chi connectivity index (χ4v) is 3.06. The molecule has 5 nitrogen and oxygen atoms in total. The molecule has 3 rings (SSSR count). The van der Waals surface area contributed by atoms with Gasteiger partial charge in [-0.1, -0.05) is 0 Å².